The number of benzene rings is 3. The molecule has 47 heavy (non-hydrogen) atoms. The van der Waals surface area contributed by atoms with Gasteiger partial charge in [0.05, 0.1) is 24.1 Å². The van der Waals surface area contributed by atoms with Crippen molar-refractivity contribution in [3.05, 3.63) is 83.9 Å². The molecule has 13 heteroatoms. The molecule has 0 aromatic heterocycles. The van der Waals surface area contributed by atoms with Crippen molar-refractivity contribution in [3.63, 3.8) is 0 Å². The molecule has 3 aromatic carbocycles. The highest BCUT2D eigenvalue weighted by Crippen LogP contribution is 2.42. The third-order valence-corrected chi connectivity index (χ3v) is 11.6. The molecule has 1 aliphatic carbocycles. The Hall–Kier alpha value is -2.71. The molecule has 5 rings (SSSR count). The zero-order valence-electron chi connectivity index (χ0n) is 26.2. The molecule has 0 bridgehead atoms. The highest BCUT2D eigenvalue weighted by atomic mass is 32.2. The maximum Gasteiger partial charge on any atom is 0.432 e. The Balaban J connectivity index is 1.52. The lowest BCUT2D eigenvalue weighted by Gasteiger charge is -2.41. The summed E-state index contributed by atoms with van der Waals surface area (Å²) in [5.41, 5.74) is 1.83. The number of hydrogen-bond acceptors (Lipinski definition) is 5. The zero-order valence-corrected chi connectivity index (χ0v) is 27.9. The van der Waals surface area contributed by atoms with E-state index in [1.54, 1.807) is 6.07 Å². The number of halogens is 5. The van der Waals surface area contributed by atoms with Crippen LogP contribution in [-0.4, -0.2) is 43.7 Å². The Morgan fingerprint density at radius 2 is 1.38 bits per heavy atom. The molecule has 0 amide bonds. The molecule has 6 nitrogen and oxygen atoms in total. The van der Waals surface area contributed by atoms with E-state index in [9.17, 15) is 30.4 Å². The second kappa shape index (κ2) is 13.3. The molecule has 1 N–H and O–H groups in total. The van der Waals surface area contributed by atoms with Gasteiger partial charge in [0.2, 0.25) is 0 Å². The van der Waals surface area contributed by atoms with Crippen molar-refractivity contribution in [2.24, 2.45) is 5.41 Å². The molecule has 1 saturated carbocycles. The van der Waals surface area contributed by atoms with Crippen LogP contribution in [0.25, 0.3) is 0 Å². The fourth-order valence-corrected chi connectivity index (χ4v) is 8.34. The van der Waals surface area contributed by atoms with Crippen molar-refractivity contribution in [2.75, 3.05) is 13.2 Å². The maximum absolute atomic E-state index is 14.3. The highest BCUT2D eigenvalue weighted by Gasteiger charge is 2.65. The minimum Gasteiger partial charge on any atom is -0.473 e. The molecular weight excluding hydrogens is 663 g/mol. The first-order valence-electron chi connectivity index (χ1n) is 15.3. The molecule has 2 atom stereocenters. The van der Waals surface area contributed by atoms with Crippen molar-refractivity contribution >= 4 is 21.0 Å². The maximum atomic E-state index is 14.3. The van der Waals surface area contributed by atoms with E-state index >= 15 is 0 Å². The van der Waals surface area contributed by atoms with Gasteiger partial charge in [-0.2, -0.15) is 30.4 Å². The van der Waals surface area contributed by atoms with Gasteiger partial charge >= 0.3 is 21.5 Å². The first kappa shape index (κ1) is 35.6. The molecular formula is C34H38F5O6S2+. The number of rotatable bonds is 9. The Labute approximate surface area is 274 Å². The lowest BCUT2D eigenvalue weighted by atomic mass is 9.84. The van der Waals surface area contributed by atoms with Gasteiger partial charge in [-0.25, -0.2) is 0 Å². The van der Waals surface area contributed by atoms with Crippen LogP contribution in [0.2, 0.25) is 0 Å². The summed E-state index contributed by atoms with van der Waals surface area (Å²) in [5.74, 6) is -1.17. The quantitative estimate of drug-likeness (QED) is 0.136. The topological polar surface area (TPSA) is 82.1 Å². The van der Waals surface area contributed by atoms with Crippen LogP contribution in [0, 0.1) is 5.41 Å². The summed E-state index contributed by atoms with van der Waals surface area (Å²) in [6, 6.07) is 20.7. The second-order valence-corrected chi connectivity index (χ2v) is 16.5. The van der Waals surface area contributed by atoms with E-state index in [2.05, 4.69) is 16.9 Å². The van der Waals surface area contributed by atoms with Crippen molar-refractivity contribution in [1.29, 1.82) is 0 Å². The molecule has 256 valence electrons. The highest BCUT2D eigenvalue weighted by molar-refractivity contribution is 7.97. The van der Waals surface area contributed by atoms with E-state index in [1.165, 1.54) is 24.1 Å². The fourth-order valence-electron chi connectivity index (χ4n) is 5.80. The van der Waals surface area contributed by atoms with Crippen LogP contribution in [0.4, 0.5) is 22.0 Å². The molecule has 2 fully saturated rings. The fraction of sp³-hybridized carbons (Fsp3) is 0.471. The van der Waals surface area contributed by atoms with Gasteiger partial charge in [0.25, 0.3) is 6.10 Å². The Bertz CT molecular complexity index is 1630. The summed E-state index contributed by atoms with van der Waals surface area (Å²) in [4.78, 5) is 2.03. The number of ether oxygens (including phenoxy) is 3. The minimum absolute atomic E-state index is 0.140. The van der Waals surface area contributed by atoms with Gasteiger partial charge < -0.3 is 14.2 Å². The van der Waals surface area contributed by atoms with Crippen LogP contribution < -0.4 is 4.74 Å². The van der Waals surface area contributed by atoms with Crippen LogP contribution >= 0.6 is 0 Å². The predicted molar refractivity (Wildman–Crippen MR) is 167 cm³/mol. The van der Waals surface area contributed by atoms with E-state index in [4.69, 9.17) is 14.0 Å². The average molecular weight is 702 g/mol. The average Bonchev–Trinajstić information content (AvgIpc) is 3.02. The van der Waals surface area contributed by atoms with Crippen molar-refractivity contribution in [1.82, 2.24) is 0 Å². The summed E-state index contributed by atoms with van der Waals surface area (Å²) in [7, 11) is -7.40. The molecule has 3 aromatic rings. The van der Waals surface area contributed by atoms with Crippen molar-refractivity contribution < 1.29 is 49.1 Å². The standard InChI is InChI=1S/C34H37F5O6S2/c1-31(2)21-43-32(3,44-22-31)25-14-18-28(19-15-25)46(27-16-12-24(13-17-27)23-8-5-4-6-9-23)29-11-7-10-26(20-29)45-30(33(35,36)37)34(38,39)47(40,41)42/h7,10-20,23,30H,4-6,8-9,21-22H2,1-3H3/p+1. The van der Waals surface area contributed by atoms with Crippen molar-refractivity contribution in [3.8, 4) is 5.75 Å². The first-order valence-corrected chi connectivity index (χ1v) is 18.0. The van der Waals surface area contributed by atoms with E-state index in [0.29, 0.717) is 24.0 Å². The van der Waals surface area contributed by atoms with E-state index in [0.717, 1.165) is 47.1 Å². The van der Waals surface area contributed by atoms with Gasteiger partial charge in [-0.05, 0) is 79.8 Å². The summed E-state index contributed by atoms with van der Waals surface area (Å²) in [6.45, 7) is 6.90. The smallest absolute Gasteiger partial charge is 0.432 e. The molecule has 0 radical (unpaired) electrons. The van der Waals surface area contributed by atoms with E-state index < -0.39 is 50.1 Å². The second-order valence-electron chi connectivity index (χ2n) is 13.0. The van der Waals surface area contributed by atoms with Crippen LogP contribution in [0.3, 0.4) is 0 Å². The molecule has 1 aliphatic heterocycles. The zero-order chi connectivity index (χ0) is 34.3. The molecule has 2 aliphatic rings. The largest absolute Gasteiger partial charge is 0.473 e. The number of hydrogen-bond donors (Lipinski definition) is 1. The summed E-state index contributed by atoms with van der Waals surface area (Å²) >= 11 is 0. The lowest BCUT2D eigenvalue weighted by Crippen LogP contribution is -2.53. The molecule has 0 spiro atoms. The van der Waals surface area contributed by atoms with Gasteiger partial charge in [-0.3, -0.25) is 4.55 Å². The van der Waals surface area contributed by atoms with Crippen LogP contribution in [0.5, 0.6) is 5.75 Å². The van der Waals surface area contributed by atoms with Crippen LogP contribution in [0.15, 0.2) is 87.5 Å². The third-order valence-electron chi connectivity index (χ3n) is 8.53. The van der Waals surface area contributed by atoms with Crippen LogP contribution in [-0.2, 0) is 36.3 Å². The minimum atomic E-state index is -6.45. The Morgan fingerprint density at radius 1 is 0.830 bits per heavy atom. The molecule has 2 unspecified atom stereocenters. The monoisotopic (exact) mass is 701 g/mol. The van der Waals surface area contributed by atoms with Gasteiger partial charge in [0.1, 0.15) is 5.75 Å². The first-order chi connectivity index (χ1) is 21.9. The third kappa shape index (κ3) is 7.96. The summed E-state index contributed by atoms with van der Waals surface area (Å²) in [5, 5.41) is -5.65. The molecule has 1 heterocycles. The molecule has 1 saturated heterocycles. The normalized spacial score (nSPS) is 20.4. The van der Waals surface area contributed by atoms with E-state index in [-0.39, 0.29) is 5.41 Å². The van der Waals surface area contributed by atoms with Gasteiger partial charge in [0, 0.05) is 17.0 Å². The summed E-state index contributed by atoms with van der Waals surface area (Å²) in [6.07, 6.45) is -4.23. The van der Waals surface area contributed by atoms with E-state index in [1.807, 2.05) is 57.2 Å². The Morgan fingerprint density at radius 3 is 1.91 bits per heavy atom. The SMILES string of the molecule is CC1(C)COC(C)(c2ccc([S+](c3ccc(C4CCCCC4)cc3)c3cccc(OC(C(F)(F)F)C(F)(F)S(=O)(=O)O)c3)cc2)OC1. The van der Waals surface area contributed by atoms with Gasteiger partial charge in [-0.1, -0.05) is 51.3 Å². The lowest BCUT2D eigenvalue weighted by molar-refractivity contribution is -0.298. The van der Waals surface area contributed by atoms with Crippen LogP contribution in [0.1, 0.15) is 69.9 Å². The van der Waals surface area contributed by atoms with Crippen molar-refractivity contribution in [2.45, 2.75) is 96.8 Å². The summed E-state index contributed by atoms with van der Waals surface area (Å²) < 4.78 is 118. The van der Waals surface area contributed by atoms with Gasteiger partial charge in [0.15, 0.2) is 20.5 Å². The Kier molecular flexibility index (Phi) is 10.1. The number of alkyl halides is 5. The predicted octanol–water partition coefficient (Wildman–Crippen LogP) is 8.87. The van der Waals surface area contributed by atoms with Gasteiger partial charge in [-0.15, -0.1) is 0 Å².